The van der Waals surface area contributed by atoms with Crippen LogP contribution in [-0.4, -0.2) is 36.3 Å². The summed E-state index contributed by atoms with van der Waals surface area (Å²) in [5.41, 5.74) is 0. The van der Waals surface area contributed by atoms with Crippen molar-refractivity contribution in [3.8, 4) is 0 Å². The minimum atomic E-state index is -2.48. The molecule has 0 N–H and O–H groups in total. The Bertz CT molecular complexity index is 157. The first kappa shape index (κ1) is 16.0. The summed E-state index contributed by atoms with van der Waals surface area (Å²) < 4.78 is 29.2. The standard InChI is InChI=1S/C11H25FO3Si/c1-5-6-8-11(12)9-7-10-16(13-2,14-3)15-4/h11H,5-10H2,1-4H3. The Morgan fingerprint density at radius 2 is 1.50 bits per heavy atom. The molecule has 0 aromatic carbocycles. The number of hydrogen-bond donors (Lipinski definition) is 0. The van der Waals surface area contributed by atoms with Crippen LogP contribution in [0.25, 0.3) is 0 Å². The van der Waals surface area contributed by atoms with Crippen LogP contribution < -0.4 is 0 Å². The summed E-state index contributed by atoms with van der Waals surface area (Å²) in [5.74, 6) is 0. The zero-order valence-electron chi connectivity index (χ0n) is 10.9. The quantitative estimate of drug-likeness (QED) is 0.559. The number of halogens is 1. The van der Waals surface area contributed by atoms with Crippen LogP contribution in [-0.2, 0) is 13.3 Å². The molecule has 0 fully saturated rings. The van der Waals surface area contributed by atoms with Gasteiger partial charge in [0.25, 0.3) is 0 Å². The first-order chi connectivity index (χ1) is 7.64. The highest BCUT2D eigenvalue weighted by atomic mass is 28.4. The normalized spacial score (nSPS) is 14.1. The van der Waals surface area contributed by atoms with Gasteiger partial charge in [0.2, 0.25) is 0 Å². The number of rotatable bonds is 10. The van der Waals surface area contributed by atoms with E-state index in [2.05, 4.69) is 6.92 Å². The second kappa shape index (κ2) is 9.10. The Morgan fingerprint density at radius 3 is 1.94 bits per heavy atom. The molecule has 5 heteroatoms. The maximum atomic E-state index is 13.4. The van der Waals surface area contributed by atoms with Crippen molar-refractivity contribution in [2.75, 3.05) is 21.3 Å². The second-order valence-electron chi connectivity index (χ2n) is 3.93. The van der Waals surface area contributed by atoms with Crippen LogP contribution in [0.1, 0.15) is 39.0 Å². The van der Waals surface area contributed by atoms with Crippen LogP contribution in [0, 0.1) is 0 Å². The van der Waals surface area contributed by atoms with Gasteiger partial charge in [-0.05, 0) is 19.3 Å². The molecule has 0 aliphatic heterocycles. The van der Waals surface area contributed by atoms with E-state index in [-0.39, 0.29) is 0 Å². The van der Waals surface area contributed by atoms with E-state index in [1.807, 2.05) is 0 Å². The van der Waals surface area contributed by atoms with E-state index < -0.39 is 15.0 Å². The van der Waals surface area contributed by atoms with E-state index in [9.17, 15) is 4.39 Å². The molecular weight excluding hydrogens is 227 g/mol. The molecule has 0 amide bonds. The van der Waals surface area contributed by atoms with Crippen molar-refractivity contribution in [3.63, 3.8) is 0 Å². The Balaban J connectivity index is 3.77. The molecule has 98 valence electrons. The summed E-state index contributed by atoms with van der Waals surface area (Å²) >= 11 is 0. The molecule has 0 heterocycles. The topological polar surface area (TPSA) is 27.7 Å². The van der Waals surface area contributed by atoms with Gasteiger partial charge in [-0.3, -0.25) is 0 Å². The van der Waals surface area contributed by atoms with E-state index in [0.717, 1.165) is 19.3 Å². The molecule has 16 heavy (non-hydrogen) atoms. The third-order valence-corrected chi connectivity index (χ3v) is 5.64. The van der Waals surface area contributed by atoms with E-state index >= 15 is 0 Å². The maximum Gasteiger partial charge on any atom is 0.500 e. The number of alkyl halides is 1. The molecule has 0 bridgehead atoms. The molecule has 1 atom stereocenters. The van der Waals surface area contributed by atoms with Crippen LogP contribution in [0.3, 0.4) is 0 Å². The SMILES string of the molecule is CCCCC(F)CCC[Si](OC)(OC)OC. The minimum absolute atomic E-state index is 0.574. The van der Waals surface area contributed by atoms with Crippen molar-refractivity contribution in [2.24, 2.45) is 0 Å². The summed E-state index contributed by atoms with van der Waals surface area (Å²) in [5, 5.41) is 0. The molecular formula is C11H25FO3Si. The lowest BCUT2D eigenvalue weighted by Crippen LogP contribution is -2.42. The Hall–Kier alpha value is 0.0269. The van der Waals surface area contributed by atoms with Gasteiger partial charge < -0.3 is 13.3 Å². The van der Waals surface area contributed by atoms with Crippen molar-refractivity contribution in [1.29, 1.82) is 0 Å². The second-order valence-corrected chi connectivity index (χ2v) is 7.02. The molecule has 0 aromatic rings. The summed E-state index contributed by atoms with van der Waals surface area (Å²) in [6.07, 6.45) is 3.31. The smallest absolute Gasteiger partial charge is 0.377 e. The minimum Gasteiger partial charge on any atom is -0.377 e. The van der Waals surface area contributed by atoms with Gasteiger partial charge in [0.15, 0.2) is 0 Å². The maximum absolute atomic E-state index is 13.4. The van der Waals surface area contributed by atoms with Crippen LogP contribution >= 0.6 is 0 Å². The lowest BCUT2D eigenvalue weighted by atomic mass is 10.1. The van der Waals surface area contributed by atoms with Crippen LogP contribution in [0.15, 0.2) is 0 Å². The molecule has 0 rings (SSSR count). The van der Waals surface area contributed by atoms with Crippen molar-refractivity contribution in [1.82, 2.24) is 0 Å². The van der Waals surface area contributed by atoms with Gasteiger partial charge in [0.1, 0.15) is 6.17 Å². The lowest BCUT2D eigenvalue weighted by molar-refractivity contribution is 0.121. The van der Waals surface area contributed by atoms with Crippen LogP contribution in [0.4, 0.5) is 4.39 Å². The van der Waals surface area contributed by atoms with Gasteiger partial charge in [-0.1, -0.05) is 19.8 Å². The van der Waals surface area contributed by atoms with Gasteiger partial charge in [0.05, 0.1) is 0 Å². The molecule has 0 aliphatic rings. The third-order valence-electron chi connectivity index (χ3n) is 2.80. The highest BCUT2D eigenvalue weighted by Gasteiger charge is 2.37. The fourth-order valence-electron chi connectivity index (χ4n) is 1.67. The number of unbranched alkanes of at least 4 members (excludes halogenated alkanes) is 1. The molecule has 0 saturated heterocycles. The first-order valence-electron chi connectivity index (χ1n) is 5.93. The lowest BCUT2D eigenvalue weighted by Gasteiger charge is -2.24. The molecule has 0 saturated carbocycles. The number of hydrogen-bond acceptors (Lipinski definition) is 3. The Labute approximate surface area is 99.6 Å². The zero-order valence-corrected chi connectivity index (χ0v) is 11.9. The summed E-state index contributed by atoms with van der Waals surface area (Å²) in [7, 11) is 2.28. The predicted molar refractivity (Wildman–Crippen MR) is 65.2 cm³/mol. The summed E-state index contributed by atoms with van der Waals surface area (Å²) in [4.78, 5) is 0. The summed E-state index contributed by atoms with van der Waals surface area (Å²) in [6.45, 7) is 2.07. The van der Waals surface area contributed by atoms with Gasteiger partial charge in [-0.2, -0.15) is 0 Å². The van der Waals surface area contributed by atoms with Crippen LogP contribution in [0.2, 0.25) is 6.04 Å². The summed E-state index contributed by atoms with van der Waals surface area (Å²) in [6, 6.07) is 0.684. The van der Waals surface area contributed by atoms with E-state index in [4.69, 9.17) is 13.3 Å². The average Bonchev–Trinajstić information content (AvgIpc) is 2.33. The molecule has 1 unspecified atom stereocenters. The molecule has 3 nitrogen and oxygen atoms in total. The molecule has 0 spiro atoms. The monoisotopic (exact) mass is 252 g/mol. The van der Waals surface area contributed by atoms with Crippen molar-refractivity contribution < 1.29 is 17.7 Å². The fourth-order valence-corrected chi connectivity index (χ4v) is 3.42. The van der Waals surface area contributed by atoms with E-state index in [1.165, 1.54) is 0 Å². The van der Waals surface area contributed by atoms with E-state index in [1.54, 1.807) is 21.3 Å². The van der Waals surface area contributed by atoms with Gasteiger partial charge in [0, 0.05) is 27.4 Å². The van der Waals surface area contributed by atoms with Gasteiger partial charge >= 0.3 is 8.80 Å². The molecule has 0 radical (unpaired) electrons. The average molecular weight is 252 g/mol. The van der Waals surface area contributed by atoms with E-state index in [0.29, 0.717) is 18.9 Å². The molecule has 0 aliphatic carbocycles. The van der Waals surface area contributed by atoms with Crippen molar-refractivity contribution in [3.05, 3.63) is 0 Å². The third kappa shape index (κ3) is 5.93. The highest BCUT2D eigenvalue weighted by Crippen LogP contribution is 2.19. The molecule has 0 aromatic heterocycles. The van der Waals surface area contributed by atoms with Crippen molar-refractivity contribution >= 4 is 8.80 Å². The Kier molecular flexibility index (Phi) is 9.11. The highest BCUT2D eigenvalue weighted by molar-refractivity contribution is 6.60. The predicted octanol–water partition coefficient (Wildman–Crippen LogP) is 3.17. The van der Waals surface area contributed by atoms with Crippen molar-refractivity contribution in [2.45, 2.75) is 51.2 Å². The first-order valence-corrected chi connectivity index (χ1v) is 7.86. The fraction of sp³-hybridized carbons (Fsp3) is 1.00. The van der Waals surface area contributed by atoms with Gasteiger partial charge in [-0.15, -0.1) is 0 Å². The largest absolute Gasteiger partial charge is 0.500 e. The zero-order chi connectivity index (χ0) is 12.4. The van der Waals surface area contributed by atoms with Crippen LogP contribution in [0.5, 0.6) is 0 Å². The van der Waals surface area contributed by atoms with Gasteiger partial charge in [-0.25, -0.2) is 4.39 Å². The Morgan fingerprint density at radius 1 is 1.00 bits per heavy atom.